The molecule has 0 aliphatic carbocycles. The molecule has 0 aliphatic rings. The minimum Gasteiger partial charge on any atom is -0.351 e. The highest BCUT2D eigenvalue weighted by molar-refractivity contribution is 9.11. The molecule has 0 unspecified atom stereocenters. The van der Waals surface area contributed by atoms with Gasteiger partial charge in [0, 0.05) is 18.5 Å². The molecule has 0 fully saturated rings. The molecule has 0 spiro atoms. The summed E-state index contributed by atoms with van der Waals surface area (Å²) in [5.74, 6) is 0.0134. The van der Waals surface area contributed by atoms with Gasteiger partial charge in [0.05, 0.1) is 9.35 Å². The Morgan fingerprint density at radius 1 is 1.47 bits per heavy atom. The van der Waals surface area contributed by atoms with E-state index in [0.29, 0.717) is 6.54 Å². The highest BCUT2D eigenvalue weighted by atomic mass is 79.9. The fourth-order valence-electron chi connectivity index (χ4n) is 1.60. The first-order valence-corrected chi connectivity index (χ1v) is 7.59. The van der Waals surface area contributed by atoms with Crippen LogP contribution in [-0.2, 0) is 0 Å². The van der Waals surface area contributed by atoms with E-state index in [2.05, 4.69) is 40.0 Å². The van der Waals surface area contributed by atoms with Crippen molar-refractivity contribution in [3.63, 3.8) is 0 Å². The van der Waals surface area contributed by atoms with Crippen LogP contribution in [-0.4, -0.2) is 37.0 Å². The topological polar surface area (TPSA) is 32.3 Å². The summed E-state index contributed by atoms with van der Waals surface area (Å²) in [5.41, 5.74) is 0.736. The van der Waals surface area contributed by atoms with Gasteiger partial charge in [-0.05, 0) is 41.5 Å². The van der Waals surface area contributed by atoms with Gasteiger partial charge in [0.1, 0.15) is 0 Å². The Hall–Kier alpha value is -0.390. The number of thiophene rings is 1. The van der Waals surface area contributed by atoms with Crippen molar-refractivity contribution in [2.75, 3.05) is 26.2 Å². The second-order valence-electron chi connectivity index (χ2n) is 3.83. The first-order chi connectivity index (χ1) is 8.17. The molecule has 1 aromatic heterocycles. The van der Waals surface area contributed by atoms with E-state index < -0.39 is 0 Å². The van der Waals surface area contributed by atoms with E-state index in [-0.39, 0.29) is 5.91 Å². The van der Waals surface area contributed by atoms with Crippen LogP contribution in [0.15, 0.2) is 15.2 Å². The minimum atomic E-state index is 0.0134. The smallest absolute Gasteiger partial charge is 0.252 e. The van der Waals surface area contributed by atoms with Gasteiger partial charge in [0.25, 0.3) is 5.91 Å². The Labute approximate surface area is 115 Å². The zero-order chi connectivity index (χ0) is 12.7. The van der Waals surface area contributed by atoms with Crippen LogP contribution in [0, 0.1) is 0 Å². The number of nitrogens with one attached hydrogen (secondary N) is 1. The van der Waals surface area contributed by atoms with Crippen LogP contribution in [0.1, 0.15) is 30.6 Å². The van der Waals surface area contributed by atoms with Crippen LogP contribution in [0.25, 0.3) is 0 Å². The third-order valence-corrected chi connectivity index (χ3v) is 4.03. The average molecular weight is 319 g/mol. The fraction of sp³-hybridized carbons (Fsp3) is 0.583. The number of halogens is 1. The predicted octanol–water partition coefficient (Wildman–Crippen LogP) is 2.97. The minimum absolute atomic E-state index is 0.0134. The van der Waals surface area contributed by atoms with Crippen molar-refractivity contribution < 1.29 is 4.79 Å². The number of nitrogens with zero attached hydrogens (tertiary/aromatic N) is 1. The molecule has 1 aromatic rings. The molecule has 0 aromatic carbocycles. The van der Waals surface area contributed by atoms with Crippen molar-refractivity contribution in [1.29, 1.82) is 0 Å². The molecule has 3 nitrogen and oxygen atoms in total. The largest absolute Gasteiger partial charge is 0.351 e. The molecular weight excluding hydrogens is 300 g/mol. The number of carbonyl (C=O) groups is 1. The number of likely N-dealkylation sites (N-methyl/N-ethyl adjacent to an activating group) is 1. The summed E-state index contributed by atoms with van der Waals surface area (Å²) >= 11 is 4.88. The molecule has 0 atom stereocenters. The standard InChI is InChI=1S/C12H19BrN2OS/c1-3-6-15(4-2)7-5-14-12(16)10-8-11(13)17-9-10/h8-9H,3-7H2,1-2H3,(H,14,16). The van der Waals surface area contributed by atoms with Gasteiger partial charge in [-0.25, -0.2) is 0 Å². The van der Waals surface area contributed by atoms with Crippen LogP contribution >= 0.6 is 27.3 Å². The van der Waals surface area contributed by atoms with Gasteiger partial charge in [0.2, 0.25) is 0 Å². The lowest BCUT2D eigenvalue weighted by atomic mass is 10.3. The van der Waals surface area contributed by atoms with Crippen LogP contribution in [0.3, 0.4) is 0 Å². The Kier molecular flexibility index (Phi) is 6.77. The molecular formula is C12H19BrN2OS. The summed E-state index contributed by atoms with van der Waals surface area (Å²) in [5, 5.41) is 4.80. The summed E-state index contributed by atoms with van der Waals surface area (Å²) in [6, 6.07) is 1.85. The number of hydrogen-bond acceptors (Lipinski definition) is 3. The van der Waals surface area contributed by atoms with Crippen LogP contribution < -0.4 is 5.32 Å². The summed E-state index contributed by atoms with van der Waals surface area (Å²) in [7, 11) is 0. The van der Waals surface area contributed by atoms with Crippen molar-refractivity contribution in [2.24, 2.45) is 0 Å². The molecule has 5 heteroatoms. The molecule has 0 saturated heterocycles. The lowest BCUT2D eigenvalue weighted by Gasteiger charge is -2.19. The number of carbonyl (C=O) groups excluding carboxylic acids is 1. The number of hydrogen-bond donors (Lipinski definition) is 1. The SMILES string of the molecule is CCCN(CC)CCNC(=O)c1csc(Br)c1. The van der Waals surface area contributed by atoms with Crippen molar-refractivity contribution >= 4 is 33.2 Å². The molecule has 1 N–H and O–H groups in total. The molecule has 0 aliphatic heterocycles. The monoisotopic (exact) mass is 318 g/mol. The maximum atomic E-state index is 11.7. The van der Waals surface area contributed by atoms with Crippen LogP contribution in [0.4, 0.5) is 0 Å². The lowest BCUT2D eigenvalue weighted by Crippen LogP contribution is -2.35. The molecule has 96 valence electrons. The quantitative estimate of drug-likeness (QED) is 0.838. The van der Waals surface area contributed by atoms with Crippen molar-refractivity contribution in [3.8, 4) is 0 Å². The van der Waals surface area contributed by atoms with Gasteiger partial charge in [-0.15, -0.1) is 11.3 Å². The number of amides is 1. The van der Waals surface area contributed by atoms with Crippen molar-refractivity contribution in [3.05, 3.63) is 20.8 Å². The van der Waals surface area contributed by atoms with Gasteiger partial charge >= 0.3 is 0 Å². The van der Waals surface area contributed by atoms with E-state index in [4.69, 9.17) is 0 Å². The zero-order valence-corrected chi connectivity index (χ0v) is 12.7. The first-order valence-electron chi connectivity index (χ1n) is 5.92. The van der Waals surface area contributed by atoms with Crippen molar-refractivity contribution in [2.45, 2.75) is 20.3 Å². The molecule has 0 radical (unpaired) electrons. The Morgan fingerprint density at radius 2 is 2.24 bits per heavy atom. The van der Waals surface area contributed by atoms with Gasteiger partial charge in [0.15, 0.2) is 0 Å². The van der Waals surface area contributed by atoms with Crippen molar-refractivity contribution in [1.82, 2.24) is 10.2 Å². The van der Waals surface area contributed by atoms with Crippen LogP contribution in [0.5, 0.6) is 0 Å². The second kappa shape index (κ2) is 7.84. The van der Waals surface area contributed by atoms with Gasteiger partial charge in [-0.1, -0.05) is 13.8 Å². The van der Waals surface area contributed by atoms with Gasteiger partial charge in [-0.3, -0.25) is 4.79 Å². The molecule has 1 rings (SSSR count). The summed E-state index contributed by atoms with van der Waals surface area (Å²) in [6.45, 7) is 8.07. The molecule has 0 saturated carbocycles. The number of rotatable bonds is 7. The maximum Gasteiger partial charge on any atom is 0.252 e. The summed E-state index contributed by atoms with van der Waals surface area (Å²) in [4.78, 5) is 14.1. The first kappa shape index (κ1) is 14.7. The van der Waals surface area contributed by atoms with E-state index in [9.17, 15) is 4.79 Å². The molecule has 0 bridgehead atoms. The molecule has 17 heavy (non-hydrogen) atoms. The van der Waals surface area contributed by atoms with E-state index in [1.54, 1.807) is 0 Å². The van der Waals surface area contributed by atoms with E-state index >= 15 is 0 Å². The van der Waals surface area contributed by atoms with Crippen LogP contribution in [0.2, 0.25) is 0 Å². The van der Waals surface area contributed by atoms with Gasteiger partial charge < -0.3 is 10.2 Å². The lowest BCUT2D eigenvalue weighted by molar-refractivity contribution is 0.0949. The van der Waals surface area contributed by atoms with E-state index in [0.717, 1.165) is 35.4 Å². The predicted molar refractivity (Wildman–Crippen MR) is 76.8 cm³/mol. The fourth-order valence-corrected chi connectivity index (χ4v) is 2.74. The Balaban J connectivity index is 2.28. The highest BCUT2D eigenvalue weighted by Gasteiger charge is 2.07. The summed E-state index contributed by atoms with van der Waals surface area (Å²) in [6.07, 6.45) is 1.15. The maximum absolute atomic E-state index is 11.7. The zero-order valence-electron chi connectivity index (χ0n) is 10.3. The normalized spacial score (nSPS) is 10.8. The van der Waals surface area contributed by atoms with E-state index in [1.807, 2.05) is 11.4 Å². The Morgan fingerprint density at radius 3 is 2.76 bits per heavy atom. The van der Waals surface area contributed by atoms with Gasteiger partial charge in [-0.2, -0.15) is 0 Å². The average Bonchev–Trinajstić information content (AvgIpc) is 2.74. The third kappa shape index (κ3) is 5.19. The highest BCUT2D eigenvalue weighted by Crippen LogP contribution is 2.20. The second-order valence-corrected chi connectivity index (χ2v) is 6.12. The summed E-state index contributed by atoms with van der Waals surface area (Å²) < 4.78 is 0.990. The van der Waals surface area contributed by atoms with E-state index in [1.165, 1.54) is 11.3 Å². The molecule has 1 amide bonds. The Bertz CT molecular complexity index is 354. The molecule has 1 heterocycles. The third-order valence-electron chi connectivity index (χ3n) is 2.53.